The Morgan fingerprint density at radius 1 is 1.22 bits per heavy atom. The van der Waals surface area contributed by atoms with Gasteiger partial charge in [0, 0.05) is 28.6 Å². The molecule has 1 aromatic heterocycles. The van der Waals surface area contributed by atoms with Gasteiger partial charge < -0.3 is 10.4 Å². The summed E-state index contributed by atoms with van der Waals surface area (Å²) in [6.07, 6.45) is 1.53. The Hall–Kier alpha value is -2.14. The van der Waals surface area contributed by atoms with Gasteiger partial charge >= 0.3 is 5.97 Å². The third-order valence-corrected chi connectivity index (χ3v) is 4.60. The van der Waals surface area contributed by atoms with Gasteiger partial charge in [-0.15, -0.1) is 11.3 Å². The number of rotatable bonds is 7. The van der Waals surface area contributed by atoms with E-state index < -0.39 is 5.97 Å². The predicted octanol–water partition coefficient (Wildman–Crippen LogP) is 3.43. The largest absolute Gasteiger partial charge is 0.478 e. The Morgan fingerprint density at radius 3 is 2.61 bits per heavy atom. The van der Waals surface area contributed by atoms with Crippen molar-refractivity contribution in [2.75, 3.05) is 0 Å². The molecule has 1 unspecified atom stereocenters. The maximum atomic E-state index is 12.0. The van der Waals surface area contributed by atoms with E-state index in [0.717, 1.165) is 6.42 Å². The molecule has 23 heavy (non-hydrogen) atoms. The van der Waals surface area contributed by atoms with Crippen LogP contribution in [0.2, 0.25) is 0 Å². The molecule has 0 saturated heterocycles. The molecule has 0 aliphatic carbocycles. The fraction of sp³-hybridized carbons (Fsp3) is 0.333. The first-order valence-electron chi connectivity index (χ1n) is 7.61. The van der Waals surface area contributed by atoms with Gasteiger partial charge in [-0.2, -0.15) is 0 Å². The van der Waals surface area contributed by atoms with Crippen LogP contribution in [0.15, 0.2) is 36.4 Å². The summed E-state index contributed by atoms with van der Waals surface area (Å²) in [6, 6.07) is 11.0. The highest BCUT2D eigenvalue weighted by Gasteiger charge is 2.12. The highest BCUT2D eigenvalue weighted by atomic mass is 32.1. The van der Waals surface area contributed by atoms with E-state index in [2.05, 4.69) is 24.4 Å². The van der Waals surface area contributed by atoms with Crippen LogP contribution in [-0.2, 0) is 17.6 Å². The SMILES string of the molecule is Cc1ccc(CC(C)NC(=O)CCc2ccccc2C(=O)O)s1. The summed E-state index contributed by atoms with van der Waals surface area (Å²) in [4.78, 5) is 25.7. The summed E-state index contributed by atoms with van der Waals surface area (Å²) in [7, 11) is 0. The number of amides is 1. The number of thiophene rings is 1. The molecule has 0 spiro atoms. The van der Waals surface area contributed by atoms with Crippen LogP contribution in [0.4, 0.5) is 0 Å². The zero-order chi connectivity index (χ0) is 16.8. The van der Waals surface area contributed by atoms with Crippen molar-refractivity contribution in [3.05, 3.63) is 57.3 Å². The molecule has 0 saturated carbocycles. The van der Waals surface area contributed by atoms with Gasteiger partial charge in [-0.3, -0.25) is 4.79 Å². The molecule has 2 N–H and O–H groups in total. The number of benzene rings is 1. The molecule has 122 valence electrons. The number of carbonyl (C=O) groups is 2. The van der Waals surface area contributed by atoms with Crippen LogP contribution >= 0.6 is 11.3 Å². The van der Waals surface area contributed by atoms with Crippen LogP contribution in [0.3, 0.4) is 0 Å². The average Bonchev–Trinajstić information content (AvgIpc) is 2.90. The quantitative estimate of drug-likeness (QED) is 0.817. The standard InChI is InChI=1S/C18H21NO3S/c1-12(11-15-9-7-13(2)23-15)19-17(20)10-8-14-5-3-4-6-16(14)18(21)22/h3-7,9,12H,8,10-11H2,1-2H3,(H,19,20)(H,21,22). The third kappa shape index (κ3) is 5.21. The highest BCUT2D eigenvalue weighted by Crippen LogP contribution is 2.17. The van der Waals surface area contributed by atoms with E-state index in [9.17, 15) is 9.59 Å². The van der Waals surface area contributed by atoms with Crippen LogP contribution in [0.25, 0.3) is 0 Å². The summed E-state index contributed by atoms with van der Waals surface area (Å²) < 4.78 is 0. The Labute approximate surface area is 140 Å². The molecule has 1 heterocycles. The number of hydrogen-bond donors (Lipinski definition) is 2. The minimum atomic E-state index is -0.956. The molecule has 1 atom stereocenters. The lowest BCUT2D eigenvalue weighted by Gasteiger charge is -2.13. The first-order chi connectivity index (χ1) is 11.0. The van der Waals surface area contributed by atoms with Gasteiger partial charge in [0.2, 0.25) is 5.91 Å². The van der Waals surface area contributed by atoms with Crippen LogP contribution in [0.1, 0.15) is 39.0 Å². The Kier molecular flexibility index (Phi) is 5.93. The normalized spacial score (nSPS) is 11.9. The average molecular weight is 331 g/mol. The first-order valence-corrected chi connectivity index (χ1v) is 8.43. The molecular formula is C18H21NO3S. The van der Waals surface area contributed by atoms with E-state index >= 15 is 0 Å². The predicted molar refractivity (Wildman–Crippen MR) is 92.1 cm³/mol. The summed E-state index contributed by atoms with van der Waals surface area (Å²) >= 11 is 1.74. The van der Waals surface area contributed by atoms with E-state index in [1.165, 1.54) is 9.75 Å². The summed E-state index contributed by atoms with van der Waals surface area (Å²) in [6.45, 7) is 4.05. The van der Waals surface area contributed by atoms with Gasteiger partial charge in [0.05, 0.1) is 5.56 Å². The van der Waals surface area contributed by atoms with E-state index in [1.54, 1.807) is 35.6 Å². The fourth-order valence-electron chi connectivity index (χ4n) is 2.49. The second-order valence-corrected chi connectivity index (χ2v) is 7.02. The first kappa shape index (κ1) is 17.2. The van der Waals surface area contributed by atoms with Crippen molar-refractivity contribution >= 4 is 23.2 Å². The third-order valence-electron chi connectivity index (χ3n) is 3.58. The van der Waals surface area contributed by atoms with E-state index in [4.69, 9.17) is 5.11 Å². The maximum Gasteiger partial charge on any atom is 0.335 e. The second-order valence-electron chi connectivity index (χ2n) is 5.65. The van der Waals surface area contributed by atoms with Crippen LogP contribution in [0, 0.1) is 6.92 Å². The molecule has 2 rings (SSSR count). The van der Waals surface area contributed by atoms with E-state index in [0.29, 0.717) is 12.0 Å². The Morgan fingerprint density at radius 2 is 1.96 bits per heavy atom. The fourth-order valence-corrected chi connectivity index (χ4v) is 3.51. The van der Waals surface area contributed by atoms with Gasteiger partial charge in [0.25, 0.3) is 0 Å². The lowest BCUT2D eigenvalue weighted by Crippen LogP contribution is -2.34. The van der Waals surface area contributed by atoms with Crippen molar-refractivity contribution in [2.24, 2.45) is 0 Å². The molecule has 1 amide bonds. The molecule has 0 aliphatic heterocycles. The molecule has 0 bridgehead atoms. The van der Waals surface area contributed by atoms with Crippen LogP contribution in [-0.4, -0.2) is 23.0 Å². The van der Waals surface area contributed by atoms with E-state index in [-0.39, 0.29) is 23.9 Å². The van der Waals surface area contributed by atoms with Crippen LogP contribution < -0.4 is 5.32 Å². The number of carbonyl (C=O) groups excluding carboxylic acids is 1. The molecule has 0 fully saturated rings. The number of aromatic carboxylic acids is 1. The van der Waals surface area contributed by atoms with Crippen molar-refractivity contribution in [3.63, 3.8) is 0 Å². The zero-order valence-electron chi connectivity index (χ0n) is 13.3. The van der Waals surface area contributed by atoms with E-state index in [1.807, 2.05) is 6.92 Å². The second kappa shape index (κ2) is 7.92. The van der Waals surface area contributed by atoms with Crippen molar-refractivity contribution in [1.29, 1.82) is 0 Å². The number of carboxylic acid groups (broad SMARTS) is 1. The van der Waals surface area contributed by atoms with Crippen molar-refractivity contribution in [2.45, 2.75) is 39.2 Å². The molecule has 0 radical (unpaired) electrons. The smallest absolute Gasteiger partial charge is 0.335 e. The molecule has 0 aliphatic rings. The van der Waals surface area contributed by atoms with Gasteiger partial charge in [0.15, 0.2) is 0 Å². The molecule has 4 nitrogen and oxygen atoms in total. The molecular weight excluding hydrogens is 310 g/mol. The Balaban J connectivity index is 1.84. The van der Waals surface area contributed by atoms with Crippen molar-refractivity contribution < 1.29 is 14.7 Å². The van der Waals surface area contributed by atoms with Gasteiger partial charge in [-0.05, 0) is 44.0 Å². The van der Waals surface area contributed by atoms with Crippen molar-refractivity contribution in [1.82, 2.24) is 5.32 Å². The number of carboxylic acids is 1. The topological polar surface area (TPSA) is 66.4 Å². The van der Waals surface area contributed by atoms with Gasteiger partial charge in [-0.25, -0.2) is 4.79 Å². The van der Waals surface area contributed by atoms with Crippen molar-refractivity contribution in [3.8, 4) is 0 Å². The lowest BCUT2D eigenvalue weighted by molar-refractivity contribution is -0.121. The minimum Gasteiger partial charge on any atom is -0.478 e. The monoisotopic (exact) mass is 331 g/mol. The number of hydrogen-bond acceptors (Lipinski definition) is 3. The molecule has 2 aromatic rings. The summed E-state index contributed by atoms with van der Waals surface area (Å²) in [5.41, 5.74) is 0.957. The Bertz CT molecular complexity index is 693. The minimum absolute atomic E-state index is 0.0500. The van der Waals surface area contributed by atoms with Gasteiger partial charge in [-0.1, -0.05) is 18.2 Å². The lowest BCUT2D eigenvalue weighted by atomic mass is 10.0. The highest BCUT2D eigenvalue weighted by molar-refractivity contribution is 7.11. The molecule has 1 aromatic carbocycles. The zero-order valence-corrected chi connectivity index (χ0v) is 14.2. The maximum absolute atomic E-state index is 12.0. The summed E-state index contributed by atoms with van der Waals surface area (Å²) in [5.74, 6) is -1.01. The number of aryl methyl sites for hydroxylation is 2. The number of nitrogens with one attached hydrogen (secondary N) is 1. The van der Waals surface area contributed by atoms with Crippen LogP contribution in [0.5, 0.6) is 0 Å². The van der Waals surface area contributed by atoms with Gasteiger partial charge in [0.1, 0.15) is 0 Å². The molecule has 5 heteroatoms. The summed E-state index contributed by atoms with van der Waals surface area (Å²) in [5, 5.41) is 12.1.